The molecule has 1 aliphatic heterocycles. The molecule has 1 heterocycles. The number of carbonyl (C=O) groups excluding carboxylic acids is 3. The van der Waals surface area contributed by atoms with Gasteiger partial charge in [-0.05, 0) is 59.7 Å². The SMILES string of the molecule is O=C(CN1CCN(C(=O)C(=O)NC2CC2)CC1)Nc1ccc(I)cc1. The van der Waals surface area contributed by atoms with Crippen molar-refractivity contribution in [2.75, 3.05) is 38.0 Å². The van der Waals surface area contributed by atoms with Gasteiger partial charge < -0.3 is 15.5 Å². The first-order valence-electron chi connectivity index (χ1n) is 8.39. The van der Waals surface area contributed by atoms with Crippen molar-refractivity contribution in [3.63, 3.8) is 0 Å². The minimum atomic E-state index is -0.507. The lowest BCUT2D eigenvalue weighted by Crippen LogP contribution is -2.53. The molecule has 2 fully saturated rings. The molecule has 1 saturated heterocycles. The van der Waals surface area contributed by atoms with Crippen molar-refractivity contribution in [3.05, 3.63) is 27.8 Å². The molecule has 0 aromatic heterocycles. The Balaban J connectivity index is 1.40. The van der Waals surface area contributed by atoms with Gasteiger partial charge in [0.15, 0.2) is 0 Å². The van der Waals surface area contributed by atoms with Crippen LogP contribution >= 0.6 is 22.6 Å². The summed E-state index contributed by atoms with van der Waals surface area (Å²) < 4.78 is 1.11. The van der Waals surface area contributed by atoms with Crippen molar-refractivity contribution < 1.29 is 14.4 Å². The number of benzene rings is 1. The summed E-state index contributed by atoms with van der Waals surface area (Å²) in [6.45, 7) is 2.38. The fraction of sp³-hybridized carbons (Fsp3) is 0.471. The standard InChI is InChI=1S/C17H21IN4O3/c18-12-1-3-13(4-2-12)19-15(23)11-21-7-9-22(10-8-21)17(25)16(24)20-14-5-6-14/h1-4,14H,5-11H2,(H,19,23)(H,20,24). The van der Waals surface area contributed by atoms with Crippen LogP contribution in [0.15, 0.2) is 24.3 Å². The molecule has 0 spiro atoms. The third-order valence-corrected chi connectivity index (χ3v) is 4.98. The smallest absolute Gasteiger partial charge is 0.311 e. The van der Waals surface area contributed by atoms with Crippen LogP contribution in [-0.2, 0) is 14.4 Å². The van der Waals surface area contributed by atoms with Crippen LogP contribution in [0.2, 0.25) is 0 Å². The summed E-state index contributed by atoms with van der Waals surface area (Å²) in [5, 5.41) is 5.59. The Labute approximate surface area is 160 Å². The van der Waals surface area contributed by atoms with E-state index >= 15 is 0 Å². The second kappa shape index (κ2) is 8.13. The van der Waals surface area contributed by atoms with E-state index in [1.165, 1.54) is 0 Å². The molecule has 0 bridgehead atoms. The number of piperazine rings is 1. The maximum atomic E-state index is 12.1. The maximum absolute atomic E-state index is 12.1. The number of hydrogen-bond acceptors (Lipinski definition) is 4. The van der Waals surface area contributed by atoms with Gasteiger partial charge >= 0.3 is 11.8 Å². The molecular weight excluding hydrogens is 435 g/mol. The lowest BCUT2D eigenvalue weighted by atomic mass is 10.3. The molecule has 1 aromatic rings. The third kappa shape index (κ3) is 5.40. The summed E-state index contributed by atoms with van der Waals surface area (Å²) in [5.74, 6) is -1.05. The Morgan fingerprint density at radius 2 is 1.68 bits per heavy atom. The minimum Gasteiger partial charge on any atom is -0.345 e. The van der Waals surface area contributed by atoms with Crippen molar-refractivity contribution in [2.24, 2.45) is 0 Å². The van der Waals surface area contributed by atoms with Gasteiger partial charge in [0.05, 0.1) is 6.54 Å². The molecule has 134 valence electrons. The number of halogens is 1. The molecule has 2 aliphatic rings. The van der Waals surface area contributed by atoms with Crippen molar-refractivity contribution in [1.82, 2.24) is 15.1 Å². The maximum Gasteiger partial charge on any atom is 0.311 e. The Morgan fingerprint density at radius 1 is 1.04 bits per heavy atom. The van der Waals surface area contributed by atoms with E-state index in [1.54, 1.807) is 4.90 Å². The summed E-state index contributed by atoms with van der Waals surface area (Å²) >= 11 is 2.21. The van der Waals surface area contributed by atoms with Gasteiger partial charge in [-0.2, -0.15) is 0 Å². The predicted molar refractivity (Wildman–Crippen MR) is 102 cm³/mol. The summed E-state index contributed by atoms with van der Waals surface area (Å²) in [5.41, 5.74) is 0.774. The van der Waals surface area contributed by atoms with E-state index in [0.717, 1.165) is 22.1 Å². The summed E-state index contributed by atoms with van der Waals surface area (Å²) in [4.78, 5) is 39.5. The molecule has 1 aromatic carbocycles. The molecule has 0 unspecified atom stereocenters. The highest BCUT2D eigenvalue weighted by Crippen LogP contribution is 2.18. The average molecular weight is 456 g/mol. The number of hydrogen-bond donors (Lipinski definition) is 2. The molecule has 8 heteroatoms. The highest BCUT2D eigenvalue weighted by Gasteiger charge is 2.30. The van der Waals surface area contributed by atoms with Crippen LogP contribution in [0.3, 0.4) is 0 Å². The monoisotopic (exact) mass is 456 g/mol. The fourth-order valence-corrected chi connectivity index (χ4v) is 3.02. The van der Waals surface area contributed by atoms with E-state index < -0.39 is 11.8 Å². The first-order chi connectivity index (χ1) is 12.0. The number of nitrogens with one attached hydrogen (secondary N) is 2. The molecule has 0 atom stereocenters. The van der Waals surface area contributed by atoms with Crippen LogP contribution in [0.25, 0.3) is 0 Å². The van der Waals surface area contributed by atoms with Crippen LogP contribution in [0.4, 0.5) is 5.69 Å². The van der Waals surface area contributed by atoms with Gasteiger partial charge in [0.25, 0.3) is 0 Å². The zero-order valence-electron chi connectivity index (χ0n) is 13.8. The number of amides is 3. The summed E-state index contributed by atoms with van der Waals surface area (Å²) in [6, 6.07) is 7.80. The minimum absolute atomic E-state index is 0.0764. The van der Waals surface area contributed by atoms with Gasteiger partial charge in [-0.15, -0.1) is 0 Å². The Kier molecular flexibility index (Phi) is 5.89. The van der Waals surface area contributed by atoms with Crippen molar-refractivity contribution >= 4 is 46.0 Å². The van der Waals surface area contributed by atoms with E-state index in [0.29, 0.717) is 26.2 Å². The van der Waals surface area contributed by atoms with Gasteiger partial charge in [-0.3, -0.25) is 19.3 Å². The lowest BCUT2D eigenvalue weighted by molar-refractivity contribution is -0.147. The molecular formula is C17H21IN4O3. The van der Waals surface area contributed by atoms with Crippen molar-refractivity contribution in [1.29, 1.82) is 0 Å². The van der Waals surface area contributed by atoms with Gasteiger partial charge in [0.2, 0.25) is 5.91 Å². The largest absolute Gasteiger partial charge is 0.345 e. The quantitative estimate of drug-likeness (QED) is 0.515. The second-order valence-corrected chi connectivity index (χ2v) is 7.62. The normalized spacial score (nSPS) is 17.9. The van der Waals surface area contributed by atoms with Crippen LogP contribution in [0.1, 0.15) is 12.8 Å². The third-order valence-electron chi connectivity index (χ3n) is 4.26. The molecule has 1 saturated carbocycles. The van der Waals surface area contributed by atoms with E-state index in [4.69, 9.17) is 0 Å². The Morgan fingerprint density at radius 3 is 2.28 bits per heavy atom. The fourth-order valence-electron chi connectivity index (χ4n) is 2.66. The Hall–Kier alpha value is -1.68. The van der Waals surface area contributed by atoms with Gasteiger partial charge in [-0.1, -0.05) is 0 Å². The summed E-state index contributed by atoms with van der Waals surface area (Å²) in [7, 11) is 0. The lowest BCUT2D eigenvalue weighted by Gasteiger charge is -2.33. The van der Waals surface area contributed by atoms with Gasteiger partial charge in [-0.25, -0.2) is 0 Å². The van der Waals surface area contributed by atoms with Gasteiger partial charge in [0, 0.05) is 41.5 Å². The molecule has 3 amide bonds. The van der Waals surface area contributed by atoms with Crippen LogP contribution in [0.5, 0.6) is 0 Å². The van der Waals surface area contributed by atoms with Gasteiger partial charge in [0.1, 0.15) is 0 Å². The molecule has 1 aliphatic carbocycles. The first kappa shape index (κ1) is 18.1. The van der Waals surface area contributed by atoms with E-state index in [9.17, 15) is 14.4 Å². The molecule has 25 heavy (non-hydrogen) atoms. The highest BCUT2D eigenvalue weighted by atomic mass is 127. The number of carbonyl (C=O) groups is 3. The number of rotatable bonds is 4. The molecule has 0 radical (unpaired) electrons. The number of nitrogens with zero attached hydrogens (tertiary/aromatic N) is 2. The van der Waals surface area contributed by atoms with E-state index in [2.05, 4.69) is 33.2 Å². The predicted octanol–water partition coefficient (Wildman–Crippen LogP) is 0.653. The van der Waals surface area contributed by atoms with Crippen LogP contribution < -0.4 is 10.6 Å². The van der Waals surface area contributed by atoms with Crippen molar-refractivity contribution in [3.8, 4) is 0 Å². The van der Waals surface area contributed by atoms with Crippen LogP contribution in [-0.4, -0.2) is 66.3 Å². The van der Waals surface area contributed by atoms with E-state index in [-0.39, 0.29) is 18.5 Å². The molecule has 2 N–H and O–H groups in total. The van der Waals surface area contributed by atoms with Crippen LogP contribution in [0, 0.1) is 3.57 Å². The first-order valence-corrected chi connectivity index (χ1v) is 9.46. The second-order valence-electron chi connectivity index (χ2n) is 6.37. The molecule has 3 rings (SSSR count). The van der Waals surface area contributed by atoms with E-state index in [1.807, 2.05) is 29.2 Å². The Bertz CT molecular complexity index is 652. The number of anilines is 1. The zero-order valence-corrected chi connectivity index (χ0v) is 16.0. The summed E-state index contributed by atoms with van der Waals surface area (Å²) in [6.07, 6.45) is 1.92. The average Bonchev–Trinajstić information content (AvgIpc) is 3.41. The topological polar surface area (TPSA) is 81.8 Å². The molecule has 7 nitrogen and oxygen atoms in total. The van der Waals surface area contributed by atoms with Crippen molar-refractivity contribution in [2.45, 2.75) is 18.9 Å². The highest BCUT2D eigenvalue weighted by molar-refractivity contribution is 14.1. The zero-order chi connectivity index (χ0) is 17.8.